The summed E-state index contributed by atoms with van der Waals surface area (Å²) in [6.45, 7) is 4.97. The summed E-state index contributed by atoms with van der Waals surface area (Å²) in [6.07, 6.45) is 3.84. The summed E-state index contributed by atoms with van der Waals surface area (Å²) >= 11 is 0. The van der Waals surface area contributed by atoms with Gasteiger partial charge in [-0.1, -0.05) is 49.2 Å². The second-order valence-corrected chi connectivity index (χ2v) is 5.71. The van der Waals surface area contributed by atoms with Crippen LogP contribution in [0, 0.1) is 6.92 Å². The van der Waals surface area contributed by atoms with Crippen molar-refractivity contribution < 1.29 is 4.79 Å². The van der Waals surface area contributed by atoms with E-state index in [0.29, 0.717) is 0 Å². The molecule has 3 nitrogen and oxygen atoms in total. The number of carbonyl (C=O) groups is 1. The zero-order valence-electron chi connectivity index (χ0n) is 13.6. The molecule has 0 saturated carbocycles. The standard InChI is InChI=1S/C19H24N2O/c1-4-5-14-21(3)19(22)18(17-8-6-7-13-20-17)16-11-9-15(2)10-12-16/h6-13,18H,4-5,14H2,1-3H3. The third-order valence-corrected chi connectivity index (χ3v) is 3.86. The highest BCUT2D eigenvalue weighted by Gasteiger charge is 2.26. The van der Waals surface area contributed by atoms with E-state index in [1.165, 1.54) is 5.56 Å². The molecule has 3 heteroatoms. The summed E-state index contributed by atoms with van der Waals surface area (Å²) < 4.78 is 0. The maximum Gasteiger partial charge on any atom is 0.235 e. The fourth-order valence-corrected chi connectivity index (χ4v) is 2.47. The van der Waals surface area contributed by atoms with Gasteiger partial charge in [-0.2, -0.15) is 0 Å². The Morgan fingerprint density at radius 3 is 2.50 bits per heavy atom. The fraction of sp³-hybridized carbons (Fsp3) is 0.368. The molecule has 1 heterocycles. The van der Waals surface area contributed by atoms with E-state index < -0.39 is 0 Å². The van der Waals surface area contributed by atoms with Crippen LogP contribution in [0.4, 0.5) is 0 Å². The Morgan fingerprint density at radius 2 is 1.91 bits per heavy atom. The molecule has 0 radical (unpaired) electrons. The van der Waals surface area contributed by atoms with Crippen molar-refractivity contribution in [2.45, 2.75) is 32.6 Å². The first-order valence-electron chi connectivity index (χ1n) is 7.86. The Hall–Kier alpha value is -2.16. The molecule has 2 aromatic rings. The molecule has 0 aliphatic heterocycles. The lowest BCUT2D eigenvalue weighted by atomic mass is 9.93. The molecule has 0 fully saturated rings. The van der Waals surface area contributed by atoms with Gasteiger partial charge in [-0.15, -0.1) is 0 Å². The third kappa shape index (κ3) is 3.94. The van der Waals surface area contributed by atoms with Crippen LogP contribution in [0.5, 0.6) is 0 Å². The predicted molar refractivity (Wildman–Crippen MR) is 89.8 cm³/mol. The van der Waals surface area contributed by atoms with Crippen LogP contribution in [0.25, 0.3) is 0 Å². The maximum atomic E-state index is 12.9. The molecule has 1 unspecified atom stereocenters. The number of unbranched alkanes of at least 4 members (excludes halogenated alkanes) is 1. The van der Waals surface area contributed by atoms with Crippen molar-refractivity contribution in [2.75, 3.05) is 13.6 Å². The Morgan fingerprint density at radius 1 is 1.18 bits per heavy atom. The van der Waals surface area contributed by atoms with Crippen LogP contribution >= 0.6 is 0 Å². The zero-order chi connectivity index (χ0) is 15.9. The fourth-order valence-electron chi connectivity index (χ4n) is 2.47. The van der Waals surface area contributed by atoms with Crippen molar-refractivity contribution in [3.63, 3.8) is 0 Å². The lowest BCUT2D eigenvalue weighted by molar-refractivity contribution is -0.130. The quantitative estimate of drug-likeness (QED) is 0.812. The van der Waals surface area contributed by atoms with Gasteiger partial charge in [-0.3, -0.25) is 9.78 Å². The summed E-state index contributed by atoms with van der Waals surface area (Å²) in [4.78, 5) is 19.2. The van der Waals surface area contributed by atoms with Gasteiger partial charge in [0.1, 0.15) is 5.92 Å². The Balaban J connectivity index is 2.33. The Kier molecular flexibility index (Phi) is 5.70. The highest BCUT2D eigenvalue weighted by Crippen LogP contribution is 2.25. The van der Waals surface area contributed by atoms with Crippen LogP contribution in [0.3, 0.4) is 0 Å². The first kappa shape index (κ1) is 16.2. The third-order valence-electron chi connectivity index (χ3n) is 3.86. The predicted octanol–water partition coefficient (Wildman–Crippen LogP) is 3.78. The van der Waals surface area contributed by atoms with Crippen LogP contribution in [-0.2, 0) is 4.79 Å². The molecular formula is C19H24N2O. The van der Waals surface area contributed by atoms with Gasteiger partial charge in [0.15, 0.2) is 0 Å². The number of aromatic nitrogens is 1. The molecule has 2 rings (SSSR count). The highest BCUT2D eigenvalue weighted by atomic mass is 16.2. The minimum atomic E-state index is -0.330. The number of hydrogen-bond acceptors (Lipinski definition) is 2. The summed E-state index contributed by atoms with van der Waals surface area (Å²) in [7, 11) is 1.88. The summed E-state index contributed by atoms with van der Waals surface area (Å²) in [5.74, 6) is -0.223. The molecule has 0 spiro atoms. The molecule has 0 N–H and O–H groups in total. The topological polar surface area (TPSA) is 33.2 Å². The van der Waals surface area contributed by atoms with Crippen molar-refractivity contribution >= 4 is 5.91 Å². The molecule has 116 valence electrons. The van der Waals surface area contributed by atoms with Crippen molar-refractivity contribution in [3.8, 4) is 0 Å². The lowest BCUT2D eigenvalue weighted by Gasteiger charge is -2.24. The van der Waals surface area contributed by atoms with Crippen molar-refractivity contribution in [2.24, 2.45) is 0 Å². The SMILES string of the molecule is CCCCN(C)C(=O)C(c1ccc(C)cc1)c1ccccn1. The number of benzene rings is 1. The van der Waals surface area contributed by atoms with Gasteiger partial charge < -0.3 is 4.90 Å². The molecule has 0 bridgehead atoms. The van der Waals surface area contributed by atoms with E-state index in [1.54, 1.807) is 6.20 Å². The second-order valence-electron chi connectivity index (χ2n) is 5.71. The van der Waals surface area contributed by atoms with Gasteiger partial charge in [0.2, 0.25) is 5.91 Å². The first-order chi connectivity index (χ1) is 10.6. The molecule has 1 atom stereocenters. The number of pyridine rings is 1. The molecule has 22 heavy (non-hydrogen) atoms. The van der Waals surface area contributed by atoms with E-state index in [4.69, 9.17) is 0 Å². The van der Waals surface area contributed by atoms with E-state index in [1.807, 2.05) is 54.4 Å². The Labute approximate surface area is 133 Å². The van der Waals surface area contributed by atoms with Gasteiger partial charge in [0.25, 0.3) is 0 Å². The van der Waals surface area contributed by atoms with E-state index in [9.17, 15) is 4.79 Å². The van der Waals surface area contributed by atoms with Gasteiger partial charge in [-0.05, 0) is 31.0 Å². The zero-order valence-corrected chi connectivity index (χ0v) is 13.6. The van der Waals surface area contributed by atoms with Crippen LogP contribution in [0.15, 0.2) is 48.7 Å². The minimum absolute atomic E-state index is 0.107. The lowest BCUT2D eigenvalue weighted by Crippen LogP contribution is -2.33. The number of likely N-dealkylation sites (N-methyl/N-ethyl adjacent to an activating group) is 1. The second kappa shape index (κ2) is 7.74. The van der Waals surface area contributed by atoms with Crippen LogP contribution < -0.4 is 0 Å². The average Bonchev–Trinajstić information content (AvgIpc) is 2.55. The van der Waals surface area contributed by atoms with Crippen molar-refractivity contribution in [1.29, 1.82) is 0 Å². The van der Waals surface area contributed by atoms with E-state index in [0.717, 1.165) is 30.6 Å². The van der Waals surface area contributed by atoms with E-state index >= 15 is 0 Å². The van der Waals surface area contributed by atoms with Crippen LogP contribution in [0.1, 0.15) is 42.5 Å². The van der Waals surface area contributed by atoms with Gasteiger partial charge in [0, 0.05) is 19.8 Å². The highest BCUT2D eigenvalue weighted by molar-refractivity contribution is 5.86. The Bertz CT molecular complexity index is 593. The molecule has 0 aliphatic carbocycles. The monoisotopic (exact) mass is 296 g/mol. The molecule has 1 aromatic carbocycles. The molecule has 0 saturated heterocycles. The van der Waals surface area contributed by atoms with Crippen LogP contribution in [0.2, 0.25) is 0 Å². The van der Waals surface area contributed by atoms with Crippen molar-refractivity contribution in [1.82, 2.24) is 9.88 Å². The summed E-state index contributed by atoms with van der Waals surface area (Å²) in [5, 5.41) is 0. The van der Waals surface area contributed by atoms with Gasteiger partial charge in [0.05, 0.1) is 5.69 Å². The number of rotatable bonds is 6. The number of carbonyl (C=O) groups excluding carboxylic acids is 1. The summed E-state index contributed by atoms with van der Waals surface area (Å²) in [6, 6.07) is 13.9. The molecule has 1 aromatic heterocycles. The number of amides is 1. The van der Waals surface area contributed by atoms with E-state index in [-0.39, 0.29) is 11.8 Å². The largest absolute Gasteiger partial charge is 0.345 e. The van der Waals surface area contributed by atoms with E-state index in [2.05, 4.69) is 18.8 Å². The smallest absolute Gasteiger partial charge is 0.235 e. The number of hydrogen-bond donors (Lipinski definition) is 0. The average molecular weight is 296 g/mol. The number of aryl methyl sites for hydroxylation is 1. The van der Waals surface area contributed by atoms with Crippen LogP contribution in [-0.4, -0.2) is 29.4 Å². The number of nitrogens with zero attached hydrogens (tertiary/aromatic N) is 2. The molecule has 1 amide bonds. The first-order valence-corrected chi connectivity index (χ1v) is 7.86. The minimum Gasteiger partial charge on any atom is -0.345 e. The van der Waals surface area contributed by atoms with Gasteiger partial charge >= 0.3 is 0 Å². The van der Waals surface area contributed by atoms with Crippen molar-refractivity contribution in [3.05, 3.63) is 65.5 Å². The summed E-state index contributed by atoms with van der Waals surface area (Å²) in [5.41, 5.74) is 2.99. The molecule has 0 aliphatic rings. The molecular weight excluding hydrogens is 272 g/mol. The van der Waals surface area contributed by atoms with Gasteiger partial charge in [-0.25, -0.2) is 0 Å². The maximum absolute atomic E-state index is 12.9. The normalized spacial score (nSPS) is 12.0.